The first-order valence-corrected chi connectivity index (χ1v) is 4.72. The topological polar surface area (TPSA) is 38.7 Å². The zero-order chi connectivity index (χ0) is 8.39. The van der Waals surface area contributed by atoms with E-state index in [4.69, 9.17) is 14.6 Å². The summed E-state index contributed by atoms with van der Waals surface area (Å²) in [6, 6.07) is 0. The third kappa shape index (κ3) is 1.97. The van der Waals surface area contributed by atoms with Crippen LogP contribution in [0.15, 0.2) is 0 Å². The quantitative estimate of drug-likeness (QED) is 0.676. The van der Waals surface area contributed by atoms with Crippen LogP contribution in [0.25, 0.3) is 0 Å². The van der Waals surface area contributed by atoms with Gasteiger partial charge in [0.15, 0.2) is 0 Å². The molecule has 1 heterocycles. The highest BCUT2D eigenvalue weighted by Gasteiger charge is 2.29. The second-order valence-electron chi connectivity index (χ2n) is 3.81. The Labute approximate surface area is 72.7 Å². The molecule has 3 nitrogen and oxygen atoms in total. The first-order chi connectivity index (χ1) is 5.84. The molecule has 0 aromatic heterocycles. The molecule has 0 amide bonds. The largest absolute Gasteiger partial charge is 0.393 e. The predicted octanol–water partition coefficient (Wildman–Crippen LogP) is 0.563. The molecule has 1 aliphatic heterocycles. The summed E-state index contributed by atoms with van der Waals surface area (Å²) < 4.78 is 10.8. The minimum Gasteiger partial charge on any atom is -0.393 e. The fourth-order valence-electron chi connectivity index (χ4n) is 1.66. The van der Waals surface area contributed by atoms with Gasteiger partial charge in [-0.15, -0.1) is 0 Å². The van der Waals surface area contributed by atoms with Crippen molar-refractivity contribution >= 4 is 0 Å². The van der Waals surface area contributed by atoms with Crippen LogP contribution in [-0.2, 0) is 9.47 Å². The van der Waals surface area contributed by atoms with Gasteiger partial charge in [-0.2, -0.15) is 0 Å². The van der Waals surface area contributed by atoms with E-state index in [1.807, 2.05) is 0 Å². The molecule has 0 bridgehead atoms. The van der Waals surface area contributed by atoms with Gasteiger partial charge in [-0.05, 0) is 19.3 Å². The van der Waals surface area contributed by atoms with Crippen molar-refractivity contribution in [2.75, 3.05) is 19.8 Å². The van der Waals surface area contributed by atoms with Crippen LogP contribution >= 0.6 is 0 Å². The molecule has 0 aromatic rings. The molecule has 2 fully saturated rings. The Kier molecular flexibility index (Phi) is 2.63. The van der Waals surface area contributed by atoms with E-state index in [0.717, 1.165) is 39.1 Å². The number of hydrogen-bond acceptors (Lipinski definition) is 3. The summed E-state index contributed by atoms with van der Waals surface area (Å²) in [6.45, 7) is 2.56. The highest BCUT2D eigenvalue weighted by molar-refractivity contribution is 4.79. The van der Waals surface area contributed by atoms with E-state index in [0.29, 0.717) is 12.0 Å². The zero-order valence-corrected chi connectivity index (χ0v) is 7.24. The molecule has 70 valence electrons. The third-order valence-electron chi connectivity index (χ3n) is 2.66. The average molecular weight is 172 g/mol. The standard InChI is InChI=1S/C9H16O3/c10-8-3-9(4-8)12-6-7-1-2-11-5-7/h7-10H,1-6H2. The van der Waals surface area contributed by atoms with Crippen molar-refractivity contribution in [3.63, 3.8) is 0 Å². The van der Waals surface area contributed by atoms with Crippen molar-refractivity contribution in [1.29, 1.82) is 0 Å². The Hall–Kier alpha value is -0.120. The van der Waals surface area contributed by atoms with Crippen molar-refractivity contribution in [3.05, 3.63) is 0 Å². The first-order valence-electron chi connectivity index (χ1n) is 4.72. The molecule has 0 radical (unpaired) electrons. The summed E-state index contributed by atoms with van der Waals surface area (Å²) in [5, 5.41) is 9.01. The van der Waals surface area contributed by atoms with Crippen LogP contribution in [0.5, 0.6) is 0 Å². The van der Waals surface area contributed by atoms with Crippen LogP contribution in [0.1, 0.15) is 19.3 Å². The number of ether oxygens (including phenoxy) is 2. The number of aliphatic hydroxyl groups excluding tert-OH is 1. The summed E-state index contributed by atoms with van der Waals surface area (Å²) in [5.41, 5.74) is 0. The molecular formula is C9H16O3. The highest BCUT2D eigenvalue weighted by atomic mass is 16.5. The SMILES string of the molecule is OC1CC(OCC2CCOC2)C1. The van der Waals surface area contributed by atoms with Crippen molar-refractivity contribution in [1.82, 2.24) is 0 Å². The lowest BCUT2D eigenvalue weighted by atomic mass is 9.92. The number of hydrogen-bond donors (Lipinski definition) is 1. The van der Waals surface area contributed by atoms with E-state index in [1.54, 1.807) is 0 Å². The second kappa shape index (κ2) is 3.73. The Morgan fingerprint density at radius 3 is 2.83 bits per heavy atom. The fraction of sp³-hybridized carbons (Fsp3) is 1.00. The van der Waals surface area contributed by atoms with Gasteiger partial charge in [0.05, 0.1) is 25.4 Å². The maximum atomic E-state index is 9.01. The summed E-state index contributed by atoms with van der Waals surface area (Å²) >= 11 is 0. The maximum absolute atomic E-state index is 9.01. The maximum Gasteiger partial charge on any atom is 0.0624 e. The Morgan fingerprint density at radius 1 is 1.42 bits per heavy atom. The Morgan fingerprint density at radius 2 is 2.25 bits per heavy atom. The van der Waals surface area contributed by atoms with Crippen molar-refractivity contribution < 1.29 is 14.6 Å². The Bertz CT molecular complexity index is 137. The molecule has 0 spiro atoms. The van der Waals surface area contributed by atoms with Gasteiger partial charge >= 0.3 is 0 Å². The minimum absolute atomic E-state index is 0.102. The lowest BCUT2D eigenvalue weighted by Crippen LogP contribution is -2.36. The molecule has 2 rings (SSSR count). The van der Waals surface area contributed by atoms with Crippen molar-refractivity contribution in [3.8, 4) is 0 Å². The zero-order valence-electron chi connectivity index (χ0n) is 7.24. The van der Waals surface area contributed by atoms with Crippen LogP contribution in [0.2, 0.25) is 0 Å². The van der Waals surface area contributed by atoms with E-state index in [2.05, 4.69) is 0 Å². The van der Waals surface area contributed by atoms with E-state index in [9.17, 15) is 0 Å². The van der Waals surface area contributed by atoms with E-state index in [-0.39, 0.29) is 6.10 Å². The molecule has 12 heavy (non-hydrogen) atoms. The molecule has 1 atom stereocenters. The van der Waals surface area contributed by atoms with Gasteiger partial charge < -0.3 is 14.6 Å². The molecule has 1 saturated heterocycles. The van der Waals surface area contributed by atoms with Crippen LogP contribution < -0.4 is 0 Å². The monoisotopic (exact) mass is 172 g/mol. The summed E-state index contributed by atoms with van der Waals surface area (Å²) in [7, 11) is 0. The van der Waals surface area contributed by atoms with Crippen LogP contribution in [0, 0.1) is 5.92 Å². The molecule has 1 unspecified atom stereocenters. The lowest BCUT2D eigenvalue weighted by molar-refractivity contribution is -0.0802. The average Bonchev–Trinajstić information content (AvgIpc) is 2.47. The van der Waals surface area contributed by atoms with Crippen molar-refractivity contribution in [2.45, 2.75) is 31.5 Å². The molecule has 1 N–H and O–H groups in total. The fourth-order valence-corrected chi connectivity index (χ4v) is 1.66. The number of aliphatic hydroxyl groups is 1. The smallest absolute Gasteiger partial charge is 0.0624 e. The minimum atomic E-state index is -0.102. The molecule has 1 aliphatic carbocycles. The second-order valence-corrected chi connectivity index (χ2v) is 3.81. The molecule has 1 saturated carbocycles. The van der Waals surface area contributed by atoms with Crippen LogP contribution in [0.4, 0.5) is 0 Å². The third-order valence-corrected chi connectivity index (χ3v) is 2.66. The normalized spacial score (nSPS) is 41.2. The lowest BCUT2D eigenvalue weighted by Gasteiger charge is -2.31. The molecular weight excluding hydrogens is 156 g/mol. The Balaban J connectivity index is 1.56. The summed E-state index contributed by atoms with van der Waals surface area (Å²) in [4.78, 5) is 0. The van der Waals surface area contributed by atoms with Crippen LogP contribution in [0.3, 0.4) is 0 Å². The summed E-state index contributed by atoms with van der Waals surface area (Å²) in [6.07, 6.45) is 3.01. The summed E-state index contributed by atoms with van der Waals surface area (Å²) in [5.74, 6) is 0.600. The predicted molar refractivity (Wildman–Crippen MR) is 43.9 cm³/mol. The number of rotatable bonds is 3. The van der Waals surface area contributed by atoms with E-state index in [1.165, 1.54) is 0 Å². The van der Waals surface area contributed by atoms with Crippen molar-refractivity contribution in [2.24, 2.45) is 5.92 Å². The van der Waals surface area contributed by atoms with Crippen LogP contribution in [-0.4, -0.2) is 37.1 Å². The van der Waals surface area contributed by atoms with Gasteiger partial charge in [0.1, 0.15) is 0 Å². The van der Waals surface area contributed by atoms with Gasteiger partial charge in [0.25, 0.3) is 0 Å². The molecule has 3 heteroatoms. The van der Waals surface area contributed by atoms with E-state index < -0.39 is 0 Å². The molecule has 2 aliphatic rings. The highest BCUT2D eigenvalue weighted by Crippen LogP contribution is 2.24. The van der Waals surface area contributed by atoms with Gasteiger partial charge in [-0.25, -0.2) is 0 Å². The van der Waals surface area contributed by atoms with E-state index >= 15 is 0 Å². The van der Waals surface area contributed by atoms with Gasteiger partial charge in [0.2, 0.25) is 0 Å². The molecule has 0 aromatic carbocycles. The van der Waals surface area contributed by atoms with Gasteiger partial charge in [-0.1, -0.05) is 0 Å². The van der Waals surface area contributed by atoms with Gasteiger partial charge in [-0.3, -0.25) is 0 Å². The first kappa shape index (κ1) is 8.48. The van der Waals surface area contributed by atoms with Gasteiger partial charge in [0, 0.05) is 12.5 Å².